The number of carbonyl (C=O) groups is 2. The van der Waals surface area contributed by atoms with E-state index in [1.54, 1.807) is 4.90 Å². The van der Waals surface area contributed by atoms with Crippen molar-refractivity contribution in [3.05, 3.63) is 0 Å². The first kappa shape index (κ1) is 12.2. The van der Waals surface area contributed by atoms with Gasteiger partial charge in [-0.2, -0.15) is 0 Å². The lowest BCUT2D eigenvalue weighted by molar-refractivity contribution is -0.131. The molecule has 0 aromatic heterocycles. The standard InChI is InChI=1S/C11H20N2O2/c1-3-12(2)11(15)8-13-6-4-10(9-14)5-7-13/h9-10H,3-8H2,1-2H3. The van der Waals surface area contributed by atoms with Crippen LogP contribution < -0.4 is 0 Å². The van der Waals surface area contributed by atoms with Crippen molar-refractivity contribution >= 4 is 12.2 Å². The summed E-state index contributed by atoms with van der Waals surface area (Å²) in [6.07, 6.45) is 2.83. The van der Waals surface area contributed by atoms with Gasteiger partial charge in [-0.15, -0.1) is 0 Å². The van der Waals surface area contributed by atoms with Crippen LogP contribution in [0.4, 0.5) is 0 Å². The zero-order valence-electron chi connectivity index (χ0n) is 9.61. The molecule has 0 aliphatic carbocycles. The van der Waals surface area contributed by atoms with Crippen molar-refractivity contribution in [3.63, 3.8) is 0 Å². The molecule has 1 aliphatic heterocycles. The monoisotopic (exact) mass is 212 g/mol. The quantitative estimate of drug-likeness (QED) is 0.632. The van der Waals surface area contributed by atoms with E-state index in [4.69, 9.17) is 0 Å². The minimum Gasteiger partial charge on any atom is -0.345 e. The number of nitrogens with zero attached hydrogens (tertiary/aromatic N) is 2. The number of amides is 1. The zero-order chi connectivity index (χ0) is 11.3. The molecule has 1 fully saturated rings. The third kappa shape index (κ3) is 3.63. The summed E-state index contributed by atoms with van der Waals surface area (Å²) in [5.41, 5.74) is 0. The number of likely N-dealkylation sites (tertiary alicyclic amines) is 1. The summed E-state index contributed by atoms with van der Waals surface area (Å²) in [4.78, 5) is 26.0. The van der Waals surface area contributed by atoms with E-state index >= 15 is 0 Å². The highest BCUT2D eigenvalue weighted by atomic mass is 16.2. The van der Waals surface area contributed by atoms with E-state index in [0.29, 0.717) is 6.54 Å². The lowest BCUT2D eigenvalue weighted by atomic mass is 9.99. The van der Waals surface area contributed by atoms with Crippen molar-refractivity contribution in [2.24, 2.45) is 5.92 Å². The molecule has 1 saturated heterocycles. The van der Waals surface area contributed by atoms with E-state index in [9.17, 15) is 9.59 Å². The fourth-order valence-electron chi connectivity index (χ4n) is 1.74. The van der Waals surface area contributed by atoms with Crippen molar-refractivity contribution in [2.45, 2.75) is 19.8 Å². The molecule has 0 bridgehead atoms. The van der Waals surface area contributed by atoms with Crippen LogP contribution in [0.15, 0.2) is 0 Å². The number of piperidine rings is 1. The second kappa shape index (κ2) is 5.85. The average Bonchev–Trinajstić information content (AvgIpc) is 2.29. The van der Waals surface area contributed by atoms with Gasteiger partial charge in [-0.3, -0.25) is 9.69 Å². The fourth-order valence-corrected chi connectivity index (χ4v) is 1.74. The maximum atomic E-state index is 11.6. The number of carbonyl (C=O) groups excluding carboxylic acids is 2. The van der Waals surface area contributed by atoms with E-state index < -0.39 is 0 Å². The first-order valence-electron chi connectivity index (χ1n) is 5.59. The van der Waals surface area contributed by atoms with Crippen LogP contribution in [0.25, 0.3) is 0 Å². The second-order valence-corrected chi connectivity index (χ2v) is 4.16. The maximum absolute atomic E-state index is 11.6. The van der Waals surface area contributed by atoms with E-state index in [-0.39, 0.29) is 11.8 Å². The predicted octanol–water partition coefficient (Wildman–Crippen LogP) is 0.376. The summed E-state index contributed by atoms with van der Waals surface area (Å²) in [6, 6.07) is 0. The van der Waals surface area contributed by atoms with Crippen LogP contribution in [0.1, 0.15) is 19.8 Å². The van der Waals surface area contributed by atoms with Crippen LogP contribution in [0, 0.1) is 5.92 Å². The van der Waals surface area contributed by atoms with Gasteiger partial charge in [-0.05, 0) is 32.9 Å². The molecule has 1 heterocycles. The summed E-state index contributed by atoms with van der Waals surface area (Å²) >= 11 is 0. The van der Waals surface area contributed by atoms with Gasteiger partial charge in [0.1, 0.15) is 6.29 Å². The predicted molar refractivity (Wildman–Crippen MR) is 58.5 cm³/mol. The van der Waals surface area contributed by atoms with Crippen LogP contribution in [-0.4, -0.2) is 55.2 Å². The molecular weight excluding hydrogens is 192 g/mol. The van der Waals surface area contributed by atoms with Gasteiger partial charge in [-0.1, -0.05) is 0 Å². The average molecular weight is 212 g/mol. The first-order chi connectivity index (χ1) is 7.17. The second-order valence-electron chi connectivity index (χ2n) is 4.16. The number of hydrogen-bond donors (Lipinski definition) is 0. The third-order valence-corrected chi connectivity index (χ3v) is 3.08. The Kier molecular flexibility index (Phi) is 4.75. The Labute approximate surface area is 91.2 Å². The van der Waals surface area contributed by atoms with Crippen molar-refractivity contribution in [1.82, 2.24) is 9.80 Å². The molecule has 0 unspecified atom stereocenters. The SMILES string of the molecule is CCN(C)C(=O)CN1CCC(C=O)CC1. The Balaban J connectivity index is 2.29. The fraction of sp³-hybridized carbons (Fsp3) is 0.818. The molecule has 15 heavy (non-hydrogen) atoms. The van der Waals surface area contributed by atoms with Crippen LogP contribution in [-0.2, 0) is 9.59 Å². The molecule has 4 heteroatoms. The van der Waals surface area contributed by atoms with Gasteiger partial charge in [0, 0.05) is 19.5 Å². The van der Waals surface area contributed by atoms with Gasteiger partial charge in [-0.25, -0.2) is 0 Å². The molecule has 0 spiro atoms. The number of aldehydes is 1. The highest BCUT2D eigenvalue weighted by Crippen LogP contribution is 2.14. The van der Waals surface area contributed by atoms with Gasteiger partial charge in [0.25, 0.3) is 0 Å². The molecule has 0 N–H and O–H groups in total. The van der Waals surface area contributed by atoms with E-state index in [0.717, 1.165) is 38.8 Å². The molecule has 0 atom stereocenters. The molecule has 1 aliphatic rings. The van der Waals surface area contributed by atoms with Gasteiger partial charge < -0.3 is 9.69 Å². The van der Waals surface area contributed by atoms with E-state index in [2.05, 4.69) is 4.90 Å². The summed E-state index contributed by atoms with van der Waals surface area (Å²) in [7, 11) is 1.82. The summed E-state index contributed by atoms with van der Waals surface area (Å²) in [5.74, 6) is 0.377. The van der Waals surface area contributed by atoms with Crippen molar-refractivity contribution in [1.29, 1.82) is 0 Å². The van der Waals surface area contributed by atoms with Gasteiger partial charge in [0.2, 0.25) is 5.91 Å². The molecule has 0 aromatic carbocycles. The molecule has 1 amide bonds. The smallest absolute Gasteiger partial charge is 0.236 e. The topological polar surface area (TPSA) is 40.6 Å². The van der Waals surface area contributed by atoms with Crippen LogP contribution in [0.2, 0.25) is 0 Å². The highest BCUT2D eigenvalue weighted by Gasteiger charge is 2.20. The van der Waals surface area contributed by atoms with Crippen molar-refractivity contribution < 1.29 is 9.59 Å². The van der Waals surface area contributed by atoms with Gasteiger partial charge >= 0.3 is 0 Å². The molecule has 0 saturated carbocycles. The van der Waals surface area contributed by atoms with Gasteiger partial charge in [0.05, 0.1) is 6.54 Å². The minimum atomic E-state index is 0.169. The Morgan fingerprint density at radius 1 is 1.47 bits per heavy atom. The Hall–Kier alpha value is -0.900. The van der Waals surface area contributed by atoms with Crippen LogP contribution in [0.5, 0.6) is 0 Å². The lowest BCUT2D eigenvalue weighted by Crippen LogP contribution is -2.42. The van der Waals surface area contributed by atoms with Crippen molar-refractivity contribution in [3.8, 4) is 0 Å². The first-order valence-corrected chi connectivity index (χ1v) is 5.59. The molecular formula is C11H20N2O2. The third-order valence-electron chi connectivity index (χ3n) is 3.08. The summed E-state index contributed by atoms with van der Waals surface area (Å²) < 4.78 is 0. The van der Waals surface area contributed by atoms with Crippen LogP contribution in [0.3, 0.4) is 0 Å². The van der Waals surface area contributed by atoms with E-state index in [1.807, 2.05) is 14.0 Å². The molecule has 1 rings (SSSR count). The number of likely N-dealkylation sites (N-methyl/N-ethyl adjacent to an activating group) is 1. The maximum Gasteiger partial charge on any atom is 0.236 e. The Morgan fingerprint density at radius 2 is 2.07 bits per heavy atom. The number of hydrogen-bond acceptors (Lipinski definition) is 3. The summed E-state index contributed by atoms with van der Waals surface area (Å²) in [6.45, 7) is 4.95. The number of rotatable bonds is 4. The summed E-state index contributed by atoms with van der Waals surface area (Å²) in [5, 5.41) is 0. The zero-order valence-corrected chi connectivity index (χ0v) is 9.61. The Morgan fingerprint density at radius 3 is 2.53 bits per heavy atom. The van der Waals surface area contributed by atoms with Crippen LogP contribution >= 0.6 is 0 Å². The molecule has 86 valence electrons. The Bertz CT molecular complexity index is 223. The highest BCUT2D eigenvalue weighted by molar-refractivity contribution is 5.77. The van der Waals surface area contributed by atoms with Crippen molar-refractivity contribution in [2.75, 3.05) is 33.2 Å². The molecule has 0 radical (unpaired) electrons. The largest absolute Gasteiger partial charge is 0.345 e. The van der Waals surface area contributed by atoms with Gasteiger partial charge in [0.15, 0.2) is 0 Å². The lowest BCUT2D eigenvalue weighted by Gasteiger charge is -2.30. The van der Waals surface area contributed by atoms with E-state index in [1.165, 1.54) is 0 Å². The normalized spacial score (nSPS) is 18.8. The molecule has 0 aromatic rings. The molecule has 4 nitrogen and oxygen atoms in total. The minimum absolute atomic E-state index is 0.169.